The van der Waals surface area contributed by atoms with Gasteiger partial charge in [-0.25, -0.2) is 0 Å². The van der Waals surface area contributed by atoms with Crippen LogP contribution in [0.2, 0.25) is 0 Å². The number of piperazine rings is 1. The zero-order valence-electron chi connectivity index (χ0n) is 10.2. The van der Waals surface area contributed by atoms with Crippen LogP contribution in [0.1, 0.15) is 37.8 Å². The van der Waals surface area contributed by atoms with Gasteiger partial charge in [-0.1, -0.05) is 23.8 Å². The standard InChI is InChI=1S/C12H20N4S/c1-2-4-12(5-3-1)10-13-6-7-16(12)8-11-9-17-15-14-11/h9,13H,1-8,10H2. The highest BCUT2D eigenvalue weighted by Crippen LogP contribution is 2.35. The average Bonchev–Trinajstić information content (AvgIpc) is 2.86. The quantitative estimate of drug-likeness (QED) is 0.869. The summed E-state index contributed by atoms with van der Waals surface area (Å²) in [6.45, 7) is 4.40. The molecule has 1 saturated carbocycles. The molecule has 1 spiro atoms. The molecule has 1 aliphatic heterocycles. The number of hydrogen-bond donors (Lipinski definition) is 1. The molecule has 2 heterocycles. The molecule has 3 rings (SSSR count). The van der Waals surface area contributed by atoms with Crippen molar-refractivity contribution in [3.05, 3.63) is 11.1 Å². The van der Waals surface area contributed by atoms with Gasteiger partial charge in [0.05, 0.1) is 5.69 Å². The first-order valence-corrected chi connectivity index (χ1v) is 7.44. The molecule has 94 valence electrons. The summed E-state index contributed by atoms with van der Waals surface area (Å²) in [6.07, 6.45) is 6.87. The van der Waals surface area contributed by atoms with Crippen LogP contribution in [-0.4, -0.2) is 39.7 Å². The summed E-state index contributed by atoms with van der Waals surface area (Å²) < 4.78 is 3.97. The van der Waals surface area contributed by atoms with Crippen molar-refractivity contribution < 1.29 is 0 Å². The Morgan fingerprint density at radius 3 is 3.00 bits per heavy atom. The van der Waals surface area contributed by atoms with E-state index in [0.29, 0.717) is 5.54 Å². The molecule has 1 aromatic rings. The third-order valence-electron chi connectivity index (χ3n) is 4.23. The Labute approximate surface area is 107 Å². The Bertz CT molecular complexity index is 337. The fraction of sp³-hybridized carbons (Fsp3) is 0.833. The van der Waals surface area contributed by atoms with Crippen molar-refractivity contribution in [2.75, 3.05) is 19.6 Å². The largest absolute Gasteiger partial charge is 0.314 e. The van der Waals surface area contributed by atoms with E-state index in [9.17, 15) is 0 Å². The molecular formula is C12H20N4S. The summed E-state index contributed by atoms with van der Waals surface area (Å²) in [5.41, 5.74) is 1.54. The smallest absolute Gasteiger partial charge is 0.0895 e. The van der Waals surface area contributed by atoms with Crippen LogP contribution in [0.15, 0.2) is 5.38 Å². The van der Waals surface area contributed by atoms with Gasteiger partial charge in [-0.2, -0.15) is 0 Å². The molecule has 1 N–H and O–H groups in total. The second-order valence-corrected chi connectivity index (χ2v) is 5.89. The van der Waals surface area contributed by atoms with Crippen molar-refractivity contribution in [1.29, 1.82) is 0 Å². The number of hydrogen-bond acceptors (Lipinski definition) is 5. The minimum absolute atomic E-state index is 0.403. The summed E-state index contributed by atoms with van der Waals surface area (Å²) in [6, 6.07) is 0. The molecule has 1 saturated heterocycles. The molecule has 0 aromatic carbocycles. The molecular weight excluding hydrogens is 232 g/mol. The molecule has 2 fully saturated rings. The van der Waals surface area contributed by atoms with Crippen molar-refractivity contribution in [3.8, 4) is 0 Å². The lowest BCUT2D eigenvalue weighted by atomic mass is 9.79. The lowest BCUT2D eigenvalue weighted by Gasteiger charge is -2.49. The van der Waals surface area contributed by atoms with Gasteiger partial charge in [-0.15, -0.1) is 5.10 Å². The lowest BCUT2D eigenvalue weighted by molar-refractivity contribution is 0.0199. The van der Waals surface area contributed by atoms with Crippen LogP contribution in [0.25, 0.3) is 0 Å². The van der Waals surface area contributed by atoms with Gasteiger partial charge in [-0.05, 0) is 24.4 Å². The highest BCUT2D eigenvalue weighted by molar-refractivity contribution is 7.03. The maximum Gasteiger partial charge on any atom is 0.0895 e. The predicted molar refractivity (Wildman–Crippen MR) is 69.0 cm³/mol. The van der Waals surface area contributed by atoms with E-state index in [0.717, 1.165) is 31.9 Å². The molecule has 17 heavy (non-hydrogen) atoms. The Hall–Kier alpha value is -0.520. The maximum absolute atomic E-state index is 4.19. The van der Waals surface area contributed by atoms with Gasteiger partial charge < -0.3 is 5.32 Å². The predicted octanol–water partition coefficient (Wildman–Crippen LogP) is 1.65. The molecule has 4 nitrogen and oxygen atoms in total. The van der Waals surface area contributed by atoms with E-state index in [2.05, 4.69) is 25.2 Å². The van der Waals surface area contributed by atoms with Gasteiger partial charge in [-0.3, -0.25) is 4.90 Å². The Morgan fingerprint density at radius 1 is 1.35 bits per heavy atom. The first kappa shape index (κ1) is 11.6. The third kappa shape index (κ3) is 2.37. The van der Waals surface area contributed by atoms with E-state index in [-0.39, 0.29) is 0 Å². The summed E-state index contributed by atoms with van der Waals surface area (Å²) in [5.74, 6) is 0. The van der Waals surface area contributed by atoms with Crippen LogP contribution in [0.5, 0.6) is 0 Å². The van der Waals surface area contributed by atoms with Crippen molar-refractivity contribution >= 4 is 11.5 Å². The van der Waals surface area contributed by atoms with Crippen molar-refractivity contribution in [2.24, 2.45) is 0 Å². The Morgan fingerprint density at radius 2 is 2.24 bits per heavy atom. The van der Waals surface area contributed by atoms with Gasteiger partial charge in [0.25, 0.3) is 0 Å². The molecule has 0 bridgehead atoms. The Kier molecular flexibility index (Phi) is 3.40. The summed E-state index contributed by atoms with van der Waals surface area (Å²) in [7, 11) is 0. The normalized spacial score (nSPS) is 25.2. The van der Waals surface area contributed by atoms with E-state index in [1.165, 1.54) is 43.6 Å². The molecule has 0 atom stereocenters. The zero-order valence-corrected chi connectivity index (χ0v) is 11.0. The second kappa shape index (κ2) is 5.00. The van der Waals surface area contributed by atoms with E-state index in [4.69, 9.17) is 0 Å². The van der Waals surface area contributed by atoms with Gasteiger partial charge in [0, 0.05) is 37.1 Å². The van der Waals surface area contributed by atoms with Crippen LogP contribution in [0, 0.1) is 0 Å². The SMILES string of the molecule is c1snnc1CN1CCNCC12CCCCC2. The van der Waals surface area contributed by atoms with Crippen molar-refractivity contribution in [2.45, 2.75) is 44.2 Å². The molecule has 0 radical (unpaired) electrons. The van der Waals surface area contributed by atoms with Crippen molar-refractivity contribution in [3.63, 3.8) is 0 Å². The monoisotopic (exact) mass is 252 g/mol. The van der Waals surface area contributed by atoms with Crippen LogP contribution < -0.4 is 5.32 Å². The van der Waals surface area contributed by atoms with Crippen LogP contribution >= 0.6 is 11.5 Å². The van der Waals surface area contributed by atoms with Crippen LogP contribution in [0.3, 0.4) is 0 Å². The summed E-state index contributed by atoms with van der Waals surface area (Å²) >= 11 is 1.46. The number of nitrogens with one attached hydrogen (secondary N) is 1. The molecule has 5 heteroatoms. The lowest BCUT2D eigenvalue weighted by Crippen LogP contribution is -2.61. The summed E-state index contributed by atoms with van der Waals surface area (Å²) in [4.78, 5) is 2.65. The van der Waals surface area contributed by atoms with Crippen LogP contribution in [0.4, 0.5) is 0 Å². The summed E-state index contributed by atoms with van der Waals surface area (Å²) in [5, 5.41) is 9.86. The topological polar surface area (TPSA) is 41.1 Å². The van der Waals surface area contributed by atoms with E-state index in [1.807, 2.05) is 0 Å². The second-order valence-electron chi connectivity index (χ2n) is 5.28. The van der Waals surface area contributed by atoms with E-state index >= 15 is 0 Å². The minimum Gasteiger partial charge on any atom is -0.314 e. The Balaban J connectivity index is 1.75. The molecule has 2 aliphatic rings. The highest BCUT2D eigenvalue weighted by Gasteiger charge is 2.39. The van der Waals surface area contributed by atoms with Crippen LogP contribution in [-0.2, 0) is 6.54 Å². The minimum atomic E-state index is 0.403. The third-order valence-corrected chi connectivity index (χ3v) is 4.78. The van der Waals surface area contributed by atoms with Gasteiger partial charge in [0.2, 0.25) is 0 Å². The number of aromatic nitrogens is 2. The molecule has 0 unspecified atom stereocenters. The highest BCUT2D eigenvalue weighted by atomic mass is 32.1. The number of nitrogens with zero attached hydrogens (tertiary/aromatic N) is 3. The average molecular weight is 252 g/mol. The fourth-order valence-corrected chi connectivity index (χ4v) is 3.72. The first-order valence-electron chi connectivity index (χ1n) is 6.61. The van der Waals surface area contributed by atoms with Crippen molar-refractivity contribution in [1.82, 2.24) is 19.8 Å². The molecule has 1 aliphatic carbocycles. The maximum atomic E-state index is 4.19. The fourth-order valence-electron chi connectivity index (χ4n) is 3.28. The zero-order chi connectivity index (χ0) is 11.6. The number of rotatable bonds is 2. The molecule has 0 amide bonds. The van der Waals surface area contributed by atoms with E-state index < -0.39 is 0 Å². The van der Waals surface area contributed by atoms with Gasteiger partial charge in [0.15, 0.2) is 0 Å². The molecule has 1 aromatic heterocycles. The van der Waals surface area contributed by atoms with Gasteiger partial charge >= 0.3 is 0 Å². The first-order chi connectivity index (χ1) is 8.39. The van der Waals surface area contributed by atoms with E-state index in [1.54, 1.807) is 0 Å². The van der Waals surface area contributed by atoms with Gasteiger partial charge in [0.1, 0.15) is 0 Å².